The first-order valence-electron chi connectivity index (χ1n) is 13.9. The summed E-state index contributed by atoms with van der Waals surface area (Å²) in [6.45, 7) is 2.10. The highest BCUT2D eigenvalue weighted by atomic mass is 32.2. The quantitative estimate of drug-likeness (QED) is 0.229. The summed E-state index contributed by atoms with van der Waals surface area (Å²) < 4.78 is 36.9. The number of sulfone groups is 1. The van der Waals surface area contributed by atoms with Gasteiger partial charge >= 0.3 is 19.2 Å². The Hall–Kier alpha value is -4.07. The van der Waals surface area contributed by atoms with Crippen LogP contribution in [0.2, 0.25) is 0 Å². The molecule has 3 amide bonds. The normalized spacial score (nSPS) is 13.5. The van der Waals surface area contributed by atoms with E-state index in [1.807, 2.05) is 37.3 Å². The minimum atomic E-state index is -3.59. The number of alkyl carbamates (subject to hydrolysis) is 1. The van der Waals surface area contributed by atoms with Crippen molar-refractivity contribution in [3.8, 4) is 5.75 Å². The average Bonchev–Trinajstić information content (AvgIpc) is 3.85. The maximum Gasteiger partial charge on any atom is 0.488 e. The van der Waals surface area contributed by atoms with Crippen molar-refractivity contribution in [1.29, 1.82) is 0 Å². The fourth-order valence-electron chi connectivity index (χ4n) is 4.68. The lowest BCUT2D eigenvalue weighted by Gasteiger charge is -2.24. The molecule has 1 aliphatic carbocycles. The van der Waals surface area contributed by atoms with Crippen LogP contribution in [0.1, 0.15) is 42.4 Å². The van der Waals surface area contributed by atoms with Gasteiger partial charge < -0.3 is 35.1 Å². The molecule has 228 valence electrons. The van der Waals surface area contributed by atoms with Gasteiger partial charge in [-0.05, 0) is 59.3 Å². The van der Waals surface area contributed by atoms with Gasteiger partial charge in [-0.2, -0.15) is 0 Å². The van der Waals surface area contributed by atoms with Crippen molar-refractivity contribution in [2.45, 2.75) is 49.0 Å². The average molecular weight is 610 g/mol. The van der Waals surface area contributed by atoms with Crippen LogP contribution in [0.25, 0.3) is 0 Å². The van der Waals surface area contributed by atoms with Crippen molar-refractivity contribution < 1.29 is 37.5 Å². The van der Waals surface area contributed by atoms with Crippen LogP contribution in [0.4, 0.5) is 15.3 Å². The molecule has 0 aliphatic heterocycles. The van der Waals surface area contributed by atoms with Crippen LogP contribution in [0, 0.1) is 0 Å². The van der Waals surface area contributed by atoms with Gasteiger partial charge in [-0.15, -0.1) is 0 Å². The van der Waals surface area contributed by atoms with Crippen molar-refractivity contribution in [2.75, 3.05) is 26.0 Å². The number of nitrogens with zero attached hydrogens (tertiary/aromatic N) is 1. The van der Waals surface area contributed by atoms with Crippen LogP contribution in [0.3, 0.4) is 0 Å². The number of carbonyl (C=O) groups is 2. The lowest BCUT2D eigenvalue weighted by atomic mass is 9.78. The Kier molecular flexibility index (Phi) is 10.3. The smallest absolute Gasteiger partial charge is 0.488 e. The van der Waals surface area contributed by atoms with E-state index in [0.717, 1.165) is 5.56 Å². The standard InChI is InChI=1S/C30H36BN3O8S/c1-20(26-16-23(31(37)38)9-13-27(26)41-3)18-34(2)29(35)33-24-10-14-28(43(39,40)25-11-12-25)22(15-24)17-32-30(36)42-19-21-7-5-4-6-8-21/h4-10,13-16,20,25,37-38H,11-12,17-19H2,1-3H3,(H,32,36)(H,33,35)/t20-/m1/s1. The Morgan fingerprint density at radius 2 is 1.79 bits per heavy atom. The fraction of sp³-hybridized carbons (Fsp3) is 0.333. The third-order valence-electron chi connectivity index (χ3n) is 7.19. The van der Waals surface area contributed by atoms with E-state index in [0.29, 0.717) is 40.9 Å². The third-order valence-corrected chi connectivity index (χ3v) is 9.56. The number of anilines is 1. The van der Waals surface area contributed by atoms with Gasteiger partial charge in [0, 0.05) is 31.7 Å². The minimum absolute atomic E-state index is 0.0670. The number of rotatable bonds is 12. The molecule has 1 saturated carbocycles. The van der Waals surface area contributed by atoms with Gasteiger partial charge in [0.2, 0.25) is 0 Å². The molecule has 13 heteroatoms. The SMILES string of the molecule is COc1ccc(B(O)O)cc1[C@H](C)CN(C)C(=O)Nc1ccc(S(=O)(=O)C2CC2)c(CNC(=O)OCc2ccccc2)c1. The molecule has 3 aromatic rings. The Labute approximate surface area is 251 Å². The summed E-state index contributed by atoms with van der Waals surface area (Å²) in [5, 5.41) is 24.1. The van der Waals surface area contributed by atoms with E-state index in [1.54, 1.807) is 25.2 Å². The van der Waals surface area contributed by atoms with Crippen molar-refractivity contribution in [3.05, 3.63) is 83.4 Å². The number of hydrogen-bond donors (Lipinski definition) is 4. The largest absolute Gasteiger partial charge is 0.496 e. The van der Waals surface area contributed by atoms with Crippen LogP contribution in [-0.4, -0.2) is 68.6 Å². The predicted octanol–water partition coefficient (Wildman–Crippen LogP) is 3.00. The molecule has 1 fully saturated rings. The van der Waals surface area contributed by atoms with E-state index in [2.05, 4.69) is 10.6 Å². The van der Waals surface area contributed by atoms with Crippen molar-refractivity contribution in [1.82, 2.24) is 10.2 Å². The van der Waals surface area contributed by atoms with Crippen LogP contribution in [-0.2, 0) is 27.7 Å². The number of likely N-dealkylation sites (N-methyl/N-ethyl adjacent to an activating group) is 1. The number of methoxy groups -OCH3 is 1. The zero-order valence-electron chi connectivity index (χ0n) is 24.3. The third kappa shape index (κ3) is 8.28. The van der Waals surface area contributed by atoms with E-state index < -0.39 is 34.3 Å². The summed E-state index contributed by atoms with van der Waals surface area (Å²) in [7, 11) is -2.10. The maximum atomic E-state index is 13.1. The molecule has 1 atom stereocenters. The summed E-state index contributed by atoms with van der Waals surface area (Å²) in [5.74, 6) is 0.328. The maximum absolute atomic E-state index is 13.1. The van der Waals surface area contributed by atoms with Gasteiger partial charge in [0.25, 0.3) is 0 Å². The van der Waals surface area contributed by atoms with Crippen LogP contribution in [0.5, 0.6) is 5.75 Å². The summed E-state index contributed by atoms with van der Waals surface area (Å²) >= 11 is 0. The van der Waals surface area contributed by atoms with Crippen molar-refractivity contribution in [3.63, 3.8) is 0 Å². The first-order chi connectivity index (χ1) is 20.5. The number of hydrogen-bond acceptors (Lipinski definition) is 8. The summed E-state index contributed by atoms with van der Waals surface area (Å²) in [6.07, 6.45) is 0.469. The van der Waals surface area contributed by atoms with Gasteiger partial charge in [0.15, 0.2) is 9.84 Å². The Morgan fingerprint density at radius 3 is 2.44 bits per heavy atom. The van der Waals surface area contributed by atoms with Gasteiger partial charge in [-0.3, -0.25) is 0 Å². The molecule has 1 aliphatic rings. The van der Waals surface area contributed by atoms with E-state index in [9.17, 15) is 28.1 Å². The molecule has 0 spiro atoms. The number of carbonyl (C=O) groups excluding carboxylic acids is 2. The number of nitrogens with one attached hydrogen (secondary N) is 2. The molecule has 0 bridgehead atoms. The molecule has 0 saturated heterocycles. The van der Waals surface area contributed by atoms with Crippen molar-refractivity contribution in [2.24, 2.45) is 0 Å². The summed E-state index contributed by atoms with van der Waals surface area (Å²) in [6, 6.07) is 18.1. The van der Waals surface area contributed by atoms with E-state index >= 15 is 0 Å². The van der Waals surface area contributed by atoms with Crippen LogP contribution >= 0.6 is 0 Å². The van der Waals surface area contributed by atoms with Gasteiger partial charge in [-0.25, -0.2) is 18.0 Å². The Balaban J connectivity index is 1.45. The molecular weight excluding hydrogens is 573 g/mol. The molecule has 4 N–H and O–H groups in total. The Morgan fingerprint density at radius 1 is 1.07 bits per heavy atom. The number of urea groups is 1. The predicted molar refractivity (Wildman–Crippen MR) is 163 cm³/mol. The van der Waals surface area contributed by atoms with Gasteiger partial charge in [0.05, 0.1) is 17.3 Å². The highest BCUT2D eigenvalue weighted by Crippen LogP contribution is 2.36. The number of ether oxygens (including phenoxy) is 2. The molecule has 43 heavy (non-hydrogen) atoms. The molecule has 0 heterocycles. The lowest BCUT2D eigenvalue weighted by molar-refractivity contribution is 0.139. The number of benzene rings is 3. The van der Waals surface area contributed by atoms with Crippen LogP contribution in [0.15, 0.2) is 71.6 Å². The number of amides is 3. The van der Waals surface area contributed by atoms with E-state index in [-0.39, 0.29) is 30.5 Å². The first kappa shape index (κ1) is 31.9. The highest BCUT2D eigenvalue weighted by Gasteiger charge is 2.38. The zero-order chi connectivity index (χ0) is 31.1. The molecule has 0 aromatic heterocycles. The zero-order valence-corrected chi connectivity index (χ0v) is 25.1. The lowest BCUT2D eigenvalue weighted by Crippen LogP contribution is -2.35. The molecule has 4 rings (SSSR count). The van der Waals surface area contributed by atoms with E-state index in [4.69, 9.17) is 9.47 Å². The van der Waals surface area contributed by atoms with Crippen molar-refractivity contribution >= 4 is 40.2 Å². The molecule has 0 unspecified atom stereocenters. The second-order valence-electron chi connectivity index (χ2n) is 10.6. The molecule has 11 nitrogen and oxygen atoms in total. The summed E-state index contributed by atoms with van der Waals surface area (Å²) in [5.41, 5.74) is 2.52. The van der Waals surface area contributed by atoms with Gasteiger partial charge in [-0.1, -0.05) is 49.4 Å². The Bertz CT molecular complexity index is 1550. The molecular formula is C30H36BN3O8S. The highest BCUT2D eigenvalue weighted by molar-refractivity contribution is 7.92. The van der Waals surface area contributed by atoms with Gasteiger partial charge in [0.1, 0.15) is 12.4 Å². The second kappa shape index (κ2) is 13.9. The summed E-state index contributed by atoms with van der Waals surface area (Å²) in [4.78, 5) is 27.0. The fourth-order valence-corrected chi connectivity index (χ4v) is 6.55. The first-order valence-corrected chi connectivity index (χ1v) is 15.4. The minimum Gasteiger partial charge on any atom is -0.496 e. The van der Waals surface area contributed by atoms with Crippen LogP contribution < -0.4 is 20.8 Å². The second-order valence-corrected chi connectivity index (χ2v) is 12.8. The monoisotopic (exact) mass is 609 g/mol. The molecule has 3 aromatic carbocycles. The molecule has 0 radical (unpaired) electrons. The topological polar surface area (TPSA) is 154 Å². The van der Waals surface area contributed by atoms with E-state index in [1.165, 1.54) is 30.2 Å².